The van der Waals surface area contributed by atoms with Crippen molar-refractivity contribution >= 4 is 27.7 Å². The highest BCUT2D eigenvalue weighted by Crippen LogP contribution is 2.16. The van der Waals surface area contributed by atoms with Crippen molar-refractivity contribution in [1.29, 1.82) is 0 Å². The number of hydrogen-bond donors (Lipinski definition) is 2. The summed E-state index contributed by atoms with van der Waals surface area (Å²) in [5.74, 6) is 0.231. The molecule has 0 spiro atoms. The summed E-state index contributed by atoms with van der Waals surface area (Å²) >= 11 is 0. The predicted octanol–water partition coefficient (Wildman–Crippen LogP) is 3.01. The third-order valence-electron chi connectivity index (χ3n) is 2.81. The largest absolute Gasteiger partial charge is 0.465 e. The molecule has 0 unspecified atom stereocenters. The van der Waals surface area contributed by atoms with Crippen molar-refractivity contribution in [3.63, 3.8) is 0 Å². The van der Waals surface area contributed by atoms with Crippen LogP contribution in [0, 0.1) is 0 Å². The first kappa shape index (κ1) is 18.0. The number of carbonyl (C=O) groups is 1. The van der Waals surface area contributed by atoms with Gasteiger partial charge in [-0.2, -0.15) is 0 Å². The van der Waals surface area contributed by atoms with Crippen LogP contribution >= 0.6 is 0 Å². The number of furan rings is 1. The summed E-state index contributed by atoms with van der Waals surface area (Å²) in [6.07, 6.45) is 4.40. The number of nitrogens with one attached hydrogen (secondary N) is 2. The molecule has 0 aliphatic carbocycles. The molecular weight excluding hydrogens is 328 g/mol. The minimum absolute atomic E-state index is 0.140. The Morgan fingerprint density at radius 2 is 1.79 bits per heavy atom. The lowest BCUT2D eigenvalue weighted by Gasteiger charge is -2.20. The van der Waals surface area contributed by atoms with E-state index in [0.717, 1.165) is 0 Å². The highest BCUT2D eigenvalue weighted by atomic mass is 32.2. The Hall–Kier alpha value is -2.38. The summed E-state index contributed by atoms with van der Waals surface area (Å²) in [5, 5.41) is 2.65. The molecule has 1 amide bonds. The third kappa shape index (κ3) is 5.36. The van der Waals surface area contributed by atoms with Crippen molar-refractivity contribution < 1.29 is 17.6 Å². The molecule has 128 valence electrons. The van der Waals surface area contributed by atoms with Crippen LogP contribution in [0.3, 0.4) is 0 Å². The van der Waals surface area contributed by atoms with E-state index >= 15 is 0 Å². The van der Waals surface area contributed by atoms with Crippen molar-refractivity contribution in [1.82, 2.24) is 4.72 Å². The van der Waals surface area contributed by atoms with E-state index in [-0.39, 0.29) is 10.8 Å². The van der Waals surface area contributed by atoms with Gasteiger partial charge in [0.25, 0.3) is 0 Å². The number of sulfonamides is 1. The van der Waals surface area contributed by atoms with Crippen LogP contribution in [-0.4, -0.2) is 19.9 Å². The highest BCUT2D eigenvalue weighted by Gasteiger charge is 2.21. The Bertz CT molecular complexity index is 814. The van der Waals surface area contributed by atoms with Gasteiger partial charge in [-0.15, -0.1) is 0 Å². The van der Waals surface area contributed by atoms with Crippen LogP contribution in [0.4, 0.5) is 5.69 Å². The molecule has 0 aliphatic rings. The van der Waals surface area contributed by atoms with Gasteiger partial charge in [-0.05, 0) is 63.2 Å². The summed E-state index contributed by atoms with van der Waals surface area (Å²) in [5.41, 5.74) is -0.0682. The first-order chi connectivity index (χ1) is 11.2. The topological polar surface area (TPSA) is 88.4 Å². The first-order valence-electron chi connectivity index (χ1n) is 7.32. The van der Waals surface area contributed by atoms with Crippen molar-refractivity contribution in [2.75, 3.05) is 5.32 Å². The summed E-state index contributed by atoms with van der Waals surface area (Å²) in [6.45, 7) is 5.31. The molecular formula is C17H20N2O4S. The Balaban J connectivity index is 2.03. The second-order valence-corrected chi connectivity index (χ2v) is 7.90. The van der Waals surface area contributed by atoms with E-state index in [1.54, 1.807) is 39.0 Å². The van der Waals surface area contributed by atoms with Crippen LogP contribution in [0.15, 0.2) is 58.1 Å². The normalized spacial score (nSPS) is 12.5. The van der Waals surface area contributed by atoms with Crippen LogP contribution in [0.1, 0.15) is 26.5 Å². The van der Waals surface area contributed by atoms with Crippen LogP contribution in [0.25, 0.3) is 6.08 Å². The second-order valence-electron chi connectivity index (χ2n) is 6.22. The quantitative estimate of drug-likeness (QED) is 0.813. The van der Waals surface area contributed by atoms with Gasteiger partial charge < -0.3 is 9.73 Å². The molecule has 1 aromatic heterocycles. The Morgan fingerprint density at radius 3 is 2.33 bits per heavy atom. The van der Waals surface area contributed by atoms with Gasteiger partial charge in [0.1, 0.15) is 5.76 Å². The highest BCUT2D eigenvalue weighted by molar-refractivity contribution is 7.89. The summed E-state index contributed by atoms with van der Waals surface area (Å²) < 4.78 is 32.0. The number of benzene rings is 1. The van der Waals surface area contributed by atoms with Gasteiger partial charge in [-0.25, -0.2) is 13.1 Å². The van der Waals surface area contributed by atoms with E-state index in [1.807, 2.05) is 0 Å². The Kier molecular flexibility index (Phi) is 5.26. The molecule has 2 rings (SSSR count). The van der Waals surface area contributed by atoms with Gasteiger partial charge in [-0.1, -0.05) is 0 Å². The van der Waals surface area contributed by atoms with E-state index in [9.17, 15) is 13.2 Å². The molecule has 0 saturated carbocycles. The summed E-state index contributed by atoms with van der Waals surface area (Å²) in [7, 11) is -3.59. The second kappa shape index (κ2) is 7.02. The van der Waals surface area contributed by atoms with Gasteiger partial charge in [0, 0.05) is 17.3 Å². The SMILES string of the molecule is CC(C)(C)NS(=O)(=O)c1ccc(NC(=O)/C=C/c2ccco2)cc1. The lowest BCUT2D eigenvalue weighted by Crippen LogP contribution is -2.40. The minimum atomic E-state index is -3.59. The fourth-order valence-electron chi connectivity index (χ4n) is 1.91. The zero-order valence-electron chi connectivity index (χ0n) is 13.7. The third-order valence-corrected chi connectivity index (χ3v) is 4.59. The minimum Gasteiger partial charge on any atom is -0.465 e. The summed E-state index contributed by atoms with van der Waals surface area (Å²) in [4.78, 5) is 11.9. The smallest absolute Gasteiger partial charge is 0.248 e. The van der Waals surface area contributed by atoms with Crippen LogP contribution in [0.2, 0.25) is 0 Å². The maximum atomic E-state index is 12.2. The zero-order chi connectivity index (χ0) is 17.8. The fraction of sp³-hybridized carbons (Fsp3) is 0.235. The average Bonchev–Trinajstić information content (AvgIpc) is 2.96. The van der Waals surface area contributed by atoms with Crippen LogP contribution in [0.5, 0.6) is 0 Å². The molecule has 0 aliphatic heterocycles. The standard InChI is InChI=1S/C17H20N2O4S/c1-17(2,3)19-24(21,22)15-9-6-13(7-10-15)18-16(20)11-8-14-5-4-12-23-14/h4-12,19H,1-3H3,(H,18,20)/b11-8+. The van der Waals surface area contributed by atoms with Gasteiger partial charge in [-0.3, -0.25) is 4.79 Å². The van der Waals surface area contributed by atoms with Crippen molar-refractivity contribution in [3.8, 4) is 0 Å². The lowest BCUT2D eigenvalue weighted by atomic mass is 10.1. The molecule has 0 bridgehead atoms. The van der Waals surface area contributed by atoms with Gasteiger partial charge >= 0.3 is 0 Å². The predicted molar refractivity (Wildman–Crippen MR) is 92.9 cm³/mol. The molecule has 24 heavy (non-hydrogen) atoms. The maximum absolute atomic E-state index is 12.2. The molecule has 1 aromatic carbocycles. The molecule has 2 aromatic rings. The van der Waals surface area contributed by atoms with E-state index in [4.69, 9.17) is 4.42 Å². The van der Waals surface area contributed by atoms with Gasteiger partial charge in [0.05, 0.1) is 11.2 Å². The number of hydrogen-bond acceptors (Lipinski definition) is 4. The maximum Gasteiger partial charge on any atom is 0.248 e. The zero-order valence-corrected chi connectivity index (χ0v) is 14.6. The van der Waals surface area contributed by atoms with E-state index in [1.165, 1.54) is 36.6 Å². The number of anilines is 1. The molecule has 1 heterocycles. The van der Waals surface area contributed by atoms with Crippen LogP contribution < -0.4 is 10.0 Å². The van der Waals surface area contributed by atoms with Gasteiger partial charge in [0.15, 0.2) is 0 Å². The van der Waals surface area contributed by atoms with E-state index in [2.05, 4.69) is 10.0 Å². The molecule has 6 nitrogen and oxygen atoms in total. The van der Waals surface area contributed by atoms with Crippen LogP contribution in [-0.2, 0) is 14.8 Å². The van der Waals surface area contributed by atoms with Gasteiger partial charge in [0.2, 0.25) is 15.9 Å². The van der Waals surface area contributed by atoms with E-state index in [0.29, 0.717) is 11.4 Å². The molecule has 0 radical (unpaired) electrons. The summed E-state index contributed by atoms with van der Waals surface area (Å²) in [6, 6.07) is 9.42. The van der Waals surface area contributed by atoms with E-state index < -0.39 is 15.6 Å². The lowest BCUT2D eigenvalue weighted by molar-refractivity contribution is -0.111. The molecule has 0 atom stereocenters. The van der Waals surface area contributed by atoms with Crippen molar-refractivity contribution in [2.45, 2.75) is 31.2 Å². The molecule has 7 heteroatoms. The molecule has 0 saturated heterocycles. The first-order valence-corrected chi connectivity index (χ1v) is 8.81. The average molecular weight is 348 g/mol. The number of rotatable bonds is 5. The molecule has 2 N–H and O–H groups in total. The number of amides is 1. The number of carbonyl (C=O) groups excluding carboxylic acids is 1. The van der Waals surface area contributed by atoms with Crippen molar-refractivity contribution in [3.05, 3.63) is 54.5 Å². The monoisotopic (exact) mass is 348 g/mol. The molecule has 0 fully saturated rings. The Morgan fingerprint density at radius 1 is 1.12 bits per heavy atom. The fourth-order valence-corrected chi connectivity index (χ4v) is 3.33. The Labute approximate surface area is 141 Å². The van der Waals surface area contributed by atoms with Crippen molar-refractivity contribution in [2.24, 2.45) is 0 Å².